The number of hydrogen-bond acceptors (Lipinski definition) is 7. The fourth-order valence-electron chi connectivity index (χ4n) is 6.13. The largest absolute Gasteiger partial charge is 0.483 e. The van der Waals surface area contributed by atoms with Crippen LogP contribution in [0.15, 0.2) is 78.9 Å². The zero-order valence-corrected chi connectivity index (χ0v) is 31.2. The molecule has 0 aliphatic carbocycles. The molecular weight excluding hydrogens is 676 g/mol. The summed E-state index contributed by atoms with van der Waals surface area (Å²) in [5.41, 5.74) is 2.28. The Hall–Kier alpha value is -5.39. The van der Waals surface area contributed by atoms with Crippen LogP contribution in [0.3, 0.4) is 0 Å². The number of carboxylic acid groups (broad SMARTS) is 1. The fraction of sp³-hybridized carbons (Fsp3) is 0.439. The Balaban J connectivity index is 1.26. The number of para-hydroxylation sites is 1. The number of benzene rings is 3. The molecule has 4 rings (SSSR count). The van der Waals surface area contributed by atoms with Crippen LogP contribution < -0.4 is 25.4 Å². The highest BCUT2D eigenvalue weighted by atomic mass is 16.6. The lowest BCUT2D eigenvalue weighted by Crippen LogP contribution is -2.53. The molecule has 12 nitrogen and oxygen atoms in total. The number of hydrogen-bond donors (Lipinski definition) is 4. The van der Waals surface area contributed by atoms with Gasteiger partial charge < -0.3 is 35.4 Å². The Labute approximate surface area is 311 Å². The van der Waals surface area contributed by atoms with Crippen molar-refractivity contribution in [1.29, 1.82) is 0 Å². The summed E-state index contributed by atoms with van der Waals surface area (Å²) in [5.74, 6) is -1.49. The smallest absolute Gasteiger partial charge is 0.415 e. The normalized spacial score (nSPS) is 14.5. The van der Waals surface area contributed by atoms with Gasteiger partial charge in [-0.15, -0.1) is 0 Å². The standard InChI is InChI=1S/C41H52N4O8/c1-27(2)23-33(43-37(47)26-52-35-14-10-9-13-32(35)41(3,4)5)38(48)44-34(39(49)50)24-29-15-17-31(18-16-29)53-40(51)45-21-19-30(20-22-45)42-36(46)25-28-11-7-6-8-12-28/h6-18,27,30,33-34H,19-26H2,1-5H3,(H,42,46)(H,43,47)(H,44,48)(H,49,50)/t33-,34-/m0/s1. The van der Waals surface area contributed by atoms with Crippen molar-refractivity contribution in [2.24, 2.45) is 5.92 Å². The third kappa shape index (κ3) is 13.0. The van der Waals surface area contributed by atoms with Crippen LogP contribution >= 0.6 is 0 Å². The van der Waals surface area contributed by atoms with E-state index in [4.69, 9.17) is 9.47 Å². The van der Waals surface area contributed by atoms with Crippen molar-refractivity contribution < 1.29 is 38.6 Å². The molecule has 0 bridgehead atoms. The molecule has 1 aliphatic heterocycles. The number of nitrogens with one attached hydrogen (secondary N) is 3. The Morgan fingerprint density at radius 1 is 0.811 bits per heavy atom. The van der Waals surface area contributed by atoms with Gasteiger partial charge in [0.25, 0.3) is 5.91 Å². The minimum absolute atomic E-state index is 0.0234. The second-order valence-electron chi connectivity index (χ2n) is 14.9. The minimum atomic E-state index is -1.27. The number of aliphatic carboxylic acids is 1. The summed E-state index contributed by atoms with van der Waals surface area (Å²) < 4.78 is 11.4. The minimum Gasteiger partial charge on any atom is -0.483 e. The summed E-state index contributed by atoms with van der Waals surface area (Å²) in [7, 11) is 0. The Morgan fingerprint density at radius 2 is 1.45 bits per heavy atom. The first kappa shape index (κ1) is 40.4. The molecule has 0 spiro atoms. The third-order valence-electron chi connectivity index (χ3n) is 8.92. The highest BCUT2D eigenvalue weighted by Gasteiger charge is 2.29. The van der Waals surface area contributed by atoms with Gasteiger partial charge in [-0.25, -0.2) is 9.59 Å². The molecule has 12 heteroatoms. The molecule has 0 unspecified atom stereocenters. The van der Waals surface area contributed by atoms with Crippen molar-refractivity contribution in [3.05, 3.63) is 95.6 Å². The van der Waals surface area contributed by atoms with Gasteiger partial charge in [0.2, 0.25) is 11.8 Å². The first-order valence-electron chi connectivity index (χ1n) is 18.1. The van der Waals surface area contributed by atoms with E-state index >= 15 is 0 Å². The van der Waals surface area contributed by atoms with Gasteiger partial charge in [-0.05, 0) is 65.5 Å². The summed E-state index contributed by atoms with van der Waals surface area (Å²) in [4.78, 5) is 65.3. The van der Waals surface area contributed by atoms with Crippen molar-refractivity contribution in [2.45, 2.75) is 90.3 Å². The molecule has 1 aliphatic rings. The molecule has 1 heterocycles. The predicted octanol–water partition coefficient (Wildman–Crippen LogP) is 5.03. The van der Waals surface area contributed by atoms with Gasteiger partial charge in [0, 0.05) is 25.6 Å². The zero-order chi connectivity index (χ0) is 38.5. The summed E-state index contributed by atoms with van der Waals surface area (Å²) >= 11 is 0. The number of carboxylic acids is 1. The SMILES string of the molecule is CC(C)C[C@H](NC(=O)COc1ccccc1C(C)(C)C)C(=O)N[C@@H](Cc1ccc(OC(=O)N2CCC(NC(=O)Cc3ccccc3)CC2)cc1)C(=O)O. The van der Waals surface area contributed by atoms with Gasteiger partial charge in [-0.3, -0.25) is 14.4 Å². The Kier molecular flexibility index (Phi) is 14.4. The lowest BCUT2D eigenvalue weighted by Gasteiger charge is -2.31. The Morgan fingerprint density at radius 3 is 2.08 bits per heavy atom. The number of carbonyl (C=O) groups is 5. The molecule has 0 saturated carbocycles. The van der Waals surface area contributed by atoms with Crippen LogP contribution in [0.5, 0.6) is 11.5 Å². The van der Waals surface area contributed by atoms with Crippen molar-refractivity contribution in [1.82, 2.24) is 20.9 Å². The van der Waals surface area contributed by atoms with Gasteiger partial charge in [0.05, 0.1) is 6.42 Å². The monoisotopic (exact) mass is 728 g/mol. The highest BCUT2D eigenvalue weighted by Crippen LogP contribution is 2.31. The van der Waals surface area contributed by atoms with E-state index in [1.54, 1.807) is 35.2 Å². The van der Waals surface area contributed by atoms with Crippen LogP contribution in [0.25, 0.3) is 0 Å². The summed E-state index contributed by atoms with van der Waals surface area (Å²) in [6.07, 6.45) is 1.28. The molecule has 284 valence electrons. The molecular formula is C41H52N4O8. The van der Waals surface area contributed by atoms with E-state index in [1.807, 2.05) is 83.1 Å². The van der Waals surface area contributed by atoms with Crippen molar-refractivity contribution >= 4 is 29.8 Å². The van der Waals surface area contributed by atoms with Gasteiger partial charge in [-0.2, -0.15) is 0 Å². The first-order valence-corrected chi connectivity index (χ1v) is 18.1. The molecule has 0 aromatic heterocycles. The van der Waals surface area contributed by atoms with E-state index in [0.717, 1.165) is 11.1 Å². The van der Waals surface area contributed by atoms with Gasteiger partial charge >= 0.3 is 12.1 Å². The second kappa shape index (κ2) is 18.9. The number of rotatable bonds is 15. The molecule has 53 heavy (non-hydrogen) atoms. The first-order chi connectivity index (χ1) is 25.2. The van der Waals surface area contributed by atoms with E-state index in [1.165, 1.54) is 0 Å². The van der Waals surface area contributed by atoms with Crippen LogP contribution in [-0.4, -0.2) is 77.6 Å². The summed E-state index contributed by atoms with van der Waals surface area (Å²) in [6, 6.07) is 21.1. The number of amides is 4. The number of piperidine rings is 1. The molecule has 1 fully saturated rings. The summed E-state index contributed by atoms with van der Waals surface area (Å²) in [6.45, 7) is 10.5. The van der Waals surface area contributed by atoms with Gasteiger partial charge in [0.1, 0.15) is 23.6 Å². The van der Waals surface area contributed by atoms with E-state index in [0.29, 0.717) is 55.8 Å². The Bertz CT molecular complexity index is 1700. The van der Waals surface area contributed by atoms with E-state index in [2.05, 4.69) is 16.0 Å². The maximum Gasteiger partial charge on any atom is 0.415 e. The predicted molar refractivity (Wildman–Crippen MR) is 201 cm³/mol. The number of nitrogens with zero attached hydrogens (tertiary/aromatic N) is 1. The lowest BCUT2D eigenvalue weighted by molar-refractivity contribution is -0.142. The van der Waals surface area contributed by atoms with Crippen molar-refractivity contribution in [2.75, 3.05) is 19.7 Å². The van der Waals surface area contributed by atoms with Crippen LogP contribution in [-0.2, 0) is 37.4 Å². The molecule has 3 aromatic rings. The van der Waals surface area contributed by atoms with E-state index in [-0.39, 0.29) is 36.3 Å². The molecule has 4 amide bonds. The van der Waals surface area contributed by atoms with Crippen molar-refractivity contribution in [3.8, 4) is 11.5 Å². The van der Waals surface area contributed by atoms with E-state index in [9.17, 15) is 29.1 Å². The average Bonchev–Trinajstić information content (AvgIpc) is 3.11. The van der Waals surface area contributed by atoms with Crippen LogP contribution in [0.2, 0.25) is 0 Å². The van der Waals surface area contributed by atoms with Gasteiger partial charge in [0.15, 0.2) is 6.61 Å². The lowest BCUT2D eigenvalue weighted by atomic mass is 9.86. The topological polar surface area (TPSA) is 163 Å². The second-order valence-corrected chi connectivity index (χ2v) is 14.9. The average molecular weight is 729 g/mol. The van der Waals surface area contributed by atoms with Crippen LogP contribution in [0, 0.1) is 5.92 Å². The summed E-state index contributed by atoms with van der Waals surface area (Å²) in [5, 5.41) is 18.3. The zero-order valence-electron chi connectivity index (χ0n) is 31.2. The highest BCUT2D eigenvalue weighted by molar-refractivity contribution is 5.91. The van der Waals surface area contributed by atoms with Crippen LogP contribution in [0.1, 0.15) is 70.6 Å². The van der Waals surface area contributed by atoms with Crippen molar-refractivity contribution in [3.63, 3.8) is 0 Å². The van der Waals surface area contributed by atoms with Crippen LogP contribution in [0.4, 0.5) is 4.79 Å². The molecule has 4 N–H and O–H groups in total. The maximum atomic E-state index is 13.3. The number of likely N-dealkylation sites (tertiary alicyclic amines) is 1. The quantitative estimate of drug-likeness (QED) is 0.169. The molecule has 3 aromatic carbocycles. The molecule has 2 atom stereocenters. The molecule has 1 saturated heterocycles. The molecule has 0 radical (unpaired) electrons. The maximum absolute atomic E-state index is 13.3. The van der Waals surface area contributed by atoms with Gasteiger partial charge in [-0.1, -0.05) is 95.3 Å². The van der Waals surface area contributed by atoms with E-state index < -0.39 is 36.0 Å². The third-order valence-corrected chi connectivity index (χ3v) is 8.92. The number of ether oxygens (including phenoxy) is 2. The number of carbonyl (C=O) groups excluding carboxylic acids is 4. The fourth-order valence-corrected chi connectivity index (χ4v) is 6.13.